The molecule has 24 heavy (non-hydrogen) atoms. The summed E-state index contributed by atoms with van der Waals surface area (Å²) in [6.07, 6.45) is 0. The van der Waals surface area contributed by atoms with Gasteiger partial charge in [-0.1, -0.05) is 6.07 Å². The van der Waals surface area contributed by atoms with Crippen LogP contribution in [0.3, 0.4) is 0 Å². The second-order valence-corrected chi connectivity index (χ2v) is 4.94. The molecule has 8 nitrogen and oxygen atoms in total. The average Bonchev–Trinajstić information content (AvgIpc) is 2.55. The minimum atomic E-state index is -0.383. The maximum absolute atomic E-state index is 12.2. The number of hydrogen-bond donors (Lipinski definition) is 3. The van der Waals surface area contributed by atoms with Crippen molar-refractivity contribution in [3.05, 3.63) is 42.1 Å². The molecule has 0 unspecified atom stereocenters. The summed E-state index contributed by atoms with van der Waals surface area (Å²) < 4.78 is 4.92. The minimum Gasteiger partial charge on any atom is -0.383 e. The van der Waals surface area contributed by atoms with E-state index in [0.29, 0.717) is 30.3 Å². The number of aromatic nitrogens is 2. The summed E-state index contributed by atoms with van der Waals surface area (Å²) in [6, 6.07) is 10.1. The van der Waals surface area contributed by atoms with E-state index in [1.165, 1.54) is 6.92 Å². The molecule has 1 aromatic carbocycles. The van der Waals surface area contributed by atoms with E-state index in [2.05, 4.69) is 26.1 Å². The molecule has 0 atom stereocenters. The number of nitrogens with zero attached hydrogens (tertiary/aromatic N) is 2. The molecule has 0 aliphatic carbocycles. The van der Waals surface area contributed by atoms with Crippen molar-refractivity contribution in [2.75, 3.05) is 36.2 Å². The first kappa shape index (κ1) is 17.4. The van der Waals surface area contributed by atoms with Crippen LogP contribution in [0.15, 0.2) is 36.4 Å². The van der Waals surface area contributed by atoms with E-state index in [0.717, 1.165) is 0 Å². The van der Waals surface area contributed by atoms with E-state index >= 15 is 0 Å². The SMILES string of the molecule is COCCNc1ccc(C(=O)Nc2cccc(NC(C)=O)c2)nn1. The molecule has 1 aromatic heterocycles. The van der Waals surface area contributed by atoms with Crippen LogP contribution in [0, 0.1) is 0 Å². The van der Waals surface area contributed by atoms with Gasteiger partial charge in [0.25, 0.3) is 5.91 Å². The fourth-order valence-electron chi connectivity index (χ4n) is 1.90. The highest BCUT2D eigenvalue weighted by Gasteiger charge is 2.09. The number of anilines is 3. The summed E-state index contributed by atoms with van der Waals surface area (Å²) in [4.78, 5) is 23.2. The number of rotatable bonds is 7. The first-order chi connectivity index (χ1) is 11.6. The number of amides is 2. The number of carbonyl (C=O) groups excluding carboxylic acids is 2. The Hall–Kier alpha value is -3.00. The quantitative estimate of drug-likeness (QED) is 0.668. The predicted molar refractivity (Wildman–Crippen MR) is 91.1 cm³/mol. The van der Waals surface area contributed by atoms with Gasteiger partial charge in [0.15, 0.2) is 5.69 Å². The monoisotopic (exact) mass is 329 g/mol. The van der Waals surface area contributed by atoms with E-state index in [9.17, 15) is 9.59 Å². The molecular weight excluding hydrogens is 310 g/mol. The molecule has 3 N–H and O–H groups in total. The van der Waals surface area contributed by atoms with Gasteiger partial charge in [-0.3, -0.25) is 9.59 Å². The van der Waals surface area contributed by atoms with Gasteiger partial charge in [0.1, 0.15) is 5.82 Å². The molecule has 0 spiro atoms. The van der Waals surface area contributed by atoms with Crippen molar-refractivity contribution < 1.29 is 14.3 Å². The van der Waals surface area contributed by atoms with E-state index in [1.54, 1.807) is 43.5 Å². The fraction of sp³-hybridized carbons (Fsp3) is 0.250. The van der Waals surface area contributed by atoms with Gasteiger partial charge in [0.05, 0.1) is 6.61 Å². The maximum Gasteiger partial charge on any atom is 0.276 e. The predicted octanol–water partition coefficient (Wildman–Crippen LogP) is 1.75. The van der Waals surface area contributed by atoms with Crippen LogP contribution in [0.25, 0.3) is 0 Å². The zero-order valence-corrected chi connectivity index (χ0v) is 13.5. The summed E-state index contributed by atoms with van der Waals surface area (Å²) in [5.41, 5.74) is 1.34. The van der Waals surface area contributed by atoms with Crippen molar-refractivity contribution in [2.24, 2.45) is 0 Å². The largest absolute Gasteiger partial charge is 0.383 e. The Morgan fingerprint density at radius 1 is 1.08 bits per heavy atom. The van der Waals surface area contributed by atoms with Crippen LogP contribution in [0.4, 0.5) is 17.2 Å². The normalized spacial score (nSPS) is 10.1. The molecule has 2 rings (SSSR count). The first-order valence-corrected chi connectivity index (χ1v) is 7.34. The van der Waals surface area contributed by atoms with Crippen molar-refractivity contribution in [3.63, 3.8) is 0 Å². The number of carbonyl (C=O) groups is 2. The standard InChI is InChI=1S/C16H19N5O3/c1-11(22)18-12-4-3-5-13(10-12)19-16(23)14-6-7-15(21-20-14)17-8-9-24-2/h3-7,10H,8-9H2,1-2H3,(H,17,21)(H,18,22)(H,19,23). The highest BCUT2D eigenvalue weighted by Crippen LogP contribution is 2.15. The summed E-state index contributed by atoms with van der Waals surface area (Å²) in [6.45, 7) is 2.57. The molecule has 126 valence electrons. The number of benzene rings is 1. The molecule has 0 bridgehead atoms. The number of hydrogen-bond acceptors (Lipinski definition) is 6. The van der Waals surface area contributed by atoms with Crippen molar-refractivity contribution in [3.8, 4) is 0 Å². The van der Waals surface area contributed by atoms with Gasteiger partial charge in [-0.25, -0.2) is 0 Å². The van der Waals surface area contributed by atoms with Crippen molar-refractivity contribution in [1.29, 1.82) is 0 Å². The topological polar surface area (TPSA) is 105 Å². The van der Waals surface area contributed by atoms with Crippen molar-refractivity contribution in [1.82, 2.24) is 10.2 Å². The third kappa shape index (κ3) is 5.33. The minimum absolute atomic E-state index is 0.180. The zero-order valence-electron chi connectivity index (χ0n) is 13.5. The lowest BCUT2D eigenvalue weighted by molar-refractivity contribution is -0.114. The van der Waals surface area contributed by atoms with Crippen LogP contribution < -0.4 is 16.0 Å². The van der Waals surface area contributed by atoms with Crippen molar-refractivity contribution in [2.45, 2.75) is 6.92 Å². The molecule has 2 amide bonds. The number of ether oxygens (including phenoxy) is 1. The van der Waals surface area contributed by atoms with Gasteiger partial charge in [-0.2, -0.15) is 0 Å². The Bertz CT molecular complexity index is 703. The van der Waals surface area contributed by atoms with E-state index < -0.39 is 0 Å². The van der Waals surface area contributed by atoms with Gasteiger partial charge in [0.2, 0.25) is 5.91 Å². The molecule has 8 heteroatoms. The third-order valence-electron chi connectivity index (χ3n) is 2.95. The Labute approximate surface area is 139 Å². The van der Waals surface area contributed by atoms with E-state index in [-0.39, 0.29) is 17.5 Å². The number of methoxy groups -OCH3 is 1. The Morgan fingerprint density at radius 3 is 2.46 bits per heavy atom. The Morgan fingerprint density at radius 2 is 1.83 bits per heavy atom. The highest BCUT2D eigenvalue weighted by molar-refractivity contribution is 6.03. The van der Waals surface area contributed by atoms with E-state index in [1.807, 2.05) is 0 Å². The van der Waals surface area contributed by atoms with Crippen LogP contribution in [0.1, 0.15) is 17.4 Å². The Balaban J connectivity index is 1.98. The molecule has 0 saturated carbocycles. The molecule has 1 heterocycles. The third-order valence-corrected chi connectivity index (χ3v) is 2.95. The fourth-order valence-corrected chi connectivity index (χ4v) is 1.90. The summed E-state index contributed by atoms with van der Waals surface area (Å²) in [5.74, 6) is 0.00285. The van der Waals surface area contributed by atoms with Crippen LogP contribution in [-0.4, -0.2) is 42.3 Å². The Kier molecular flexibility index (Phi) is 6.21. The molecule has 0 radical (unpaired) electrons. The second-order valence-electron chi connectivity index (χ2n) is 4.94. The molecule has 0 aliphatic rings. The van der Waals surface area contributed by atoms with Gasteiger partial charge in [-0.15, -0.1) is 10.2 Å². The van der Waals surface area contributed by atoms with Crippen LogP contribution in [-0.2, 0) is 9.53 Å². The second kappa shape index (κ2) is 8.59. The summed E-state index contributed by atoms with van der Waals surface area (Å²) >= 11 is 0. The summed E-state index contributed by atoms with van der Waals surface area (Å²) in [7, 11) is 1.61. The van der Waals surface area contributed by atoms with Crippen LogP contribution in [0.2, 0.25) is 0 Å². The average molecular weight is 329 g/mol. The maximum atomic E-state index is 12.2. The molecule has 0 saturated heterocycles. The highest BCUT2D eigenvalue weighted by atomic mass is 16.5. The lowest BCUT2D eigenvalue weighted by Gasteiger charge is -2.08. The van der Waals surface area contributed by atoms with Gasteiger partial charge in [0, 0.05) is 32.0 Å². The van der Waals surface area contributed by atoms with E-state index in [4.69, 9.17) is 4.74 Å². The molecule has 0 aliphatic heterocycles. The zero-order chi connectivity index (χ0) is 17.4. The smallest absolute Gasteiger partial charge is 0.276 e. The molecule has 0 fully saturated rings. The van der Waals surface area contributed by atoms with Crippen LogP contribution >= 0.6 is 0 Å². The molecule has 2 aromatic rings. The number of nitrogens with one attached hydrogen (secondary N) is 3. The van der Waals surface area contributed by atoms with Gasteiger partial charge >= 0.3 is 0 Å². The summed E-state index contributed by atoms with van der Waals surface area (Å²) in [5, 5.41) is 16.2. The molecular formula is C16H19N5O3. The lowest BCUT2D eigenvalue weighted by Crippen LogP contribution is -2.16. The van der Waals surface area contributed by atoms with Crippen LogP contribution in [0.5, 0.6) is 0 Å². The van der Waals surface area contributed by atoms with Gasteiger partial charge < -0.3 is 20.7 Å². The van der Waals surface area contributed by atoms with Gasteiger partial charge in [-0.05, 0) is 30.3 Å². The van der Waals surface area contributed by atoms with Crippen molar-refractivity contribution >= 4 is 29.0 Å². The lowest BCUT2D eigenvalue weighted by atomic mass is 10.2. The first-order valence-electron chi connectivity index (χ1n) is 7.34.